The topological polar surface area (TPSA) is 97.6 Å². The summed E-state index contributed by atoms with van der Waals surface area (Å²) in [5, 5.41) is 7.82. The minimum atomic E-state index is -3.66. The van der Waals surface area contributed by atoms with Crippen LogP contribution in [0.15, 0.2) is 33.8 Å². The average molecular weight is 479 g/mol. The Morgan fingerprint density at radius 2 is 2.00 bits per heavy atom. The molecule has 9 nitrogen and oxygen atoms in total. The smallest absolute Gasteiger partial charge is 0.360 e. The van der Waals surface area contributed by atoms with Crippen molar-refractivity contribution in [2.24, 2.45) is 0 Å². The molecule has 1 saturated heterocycles. The summed E-state index contributed by atoms with van der Waals surface area (Å²) in [5.74, 6) is -0.552. The van der Waals surface area contributed by atoms with E-state index in [0.29, 0.717) is 32.8 Å². The third-order valence-corrected chi connectivity index (χ3v) is 7.00. The molecular formula is C15H17BrClN5O4S. The van der Waals surface area contributed by atoms with E-state index >= 15 is 0 Å². The molecule has 0 atom stereocenters. The Morgan fingerprint density at radius 1 is 1.30 bits per heavy atom. The standard InChI is InChI=1S/C15H17BrClN5O4S/c1-26-15(23)13-9-21(19-18-13)10-20-4-6-22(7-5-20)27(24,25)14-3-2-11(16)8-12(14)17/h2-3,8-9H,4-7,10H2,1H3. The number of halogens is 2. The zero-order valence-electron chi connectivity index (χ0n) is 14.4. The highest BCUT2D eigenvalue weighted by Gasteiger charge is 2.30. The molecule has 0 bridgehead atoms. The van der Waals surface area contributed by atoms with Crippen LogP contribution in [-0.4, -0.2) is 71.9 Å². The number of carbonyl (C=O) groups is 1. The van der Waals surface area contributed by atoms with E-state index in [9.17, 15) is 13.2 Å². The fraction of sp³-hybridized carbons (Fsp3) is 0.400. The average Bonchev–Trinajstić information content (AvgIpc) is 3.09. The first-order valence-electron chi connectivity index (χ1n) is 7.97. The van der Waals surface area contributed by atoms with Crippen molar-refractivity contribution in [3.8, 4) is 0 Å². The molecule has 1 aromatic heterocycles. The molecule has 146 valence electrons. The zero-order valence-corrected chi connectivity index (χ0v) is 17.5. The number of ether oxygens (including phenoxy) is 1. The Balaban J connectivity index is 1.63. The maximum absolute atomic E-state index is 12.8. The van der Waals surface area contributed by atoms with Gasteiger partial charge in [-0.15, -0.1) is 5.10 Å². The quantitative estimate of drug-likeness (QED) is 0.600. The van der Waals surface area contributed by atoms with Crippen LogP contribution in [0.2, 0.25) is 5.02 Å². The second-order valence-electron chi connectivity index (χ2n) is 5.87. The van der Waals surface area contributed by atoms with Gasteiger partial charge in [0, 0.05) is 30.7 Å². The van der Waals surface area contributed by atoms with E-state index in [-0.39, 0.29) is 15.6 Å². The third kappa shape index (κ3) is 4.49. The zero-order chi connectivity index (χ0) is 19.6. The van der Waals surface area contributed by atoms with Crippen molar-refractivity contribution in [2.75, 3.05) is 33.3 Å². The van der Waals surface area contributed by atoms with Crippen LogP contribution in [0.3, 0.4) is 0 Å². The molecule has 2 aromatic rings. The summed E-state index contributed by atoms with van der Waals surface area (Å²) in [6, 6.07) is 4.71. The molecule has 0 saturated carbocycles. The summed E-state index contributed by atoms with van der Waals surface area (Å²) in [4.78, 5) is 13.5. The van der Waals surface area contributed by atoms with Crippen LogP contribution in [0.5, 0.6) is 0 Å². The molecule has 1 fully saturated rings. The highest BCUT2D eigenvalue weighted by Crippen LogP contribution is 2.28. The largest absolute Gasteiger partial charge is 0.464 e. The number of hydrogen-bond acceptors (Lipinski definition) is 7. The van der Waals surface area contributed by atoms with Gasteiger partial charge in [-0.2, -0.15) is 4.31 Å². The highest BCUT2D eigenvalue weighted by atomic mass is 79.9. The van der Waals surface area contributed by atoms with Gasteiger partial charge in [0.2, 0.25) is 10.0 Å². The number of piperazine rings is 1. The van der Waals surface area contributed by atoms with Gasteiger partial charge >= 0.3 is 5.97 Å². The number of sulfonamides is 1. The second-order valence-corrected chi connectivity index (χ2v) is 9.10. The number of aromatic nitrogens is 3. The van der Waals surface area contributed by atoms with Gasteiger partial charge < -0.3 is 4.74 Å². The van der Waals surface area contributed by atoms with Gasteiger partial charge in [0.05, 0.1) is 25.0 Å². The van der Waals surface area contributed by atoms with Crippen LogP contribution in [0, 0.1) is 0 Å². The molecule has 27 heavy (non-hydrogen) atoms. The van der Waals surface area contributed by atoms with E-state index in [1.807, 2.05) is 4.90 Å². The van der Waals surface area contributed by atoms with E-state index in [1.54, 1.807) is 12.1 Å². The summed E-state index contributed by atoms with van der Waals surface area (Å²) in [6.07, 6.45) is 1.50. The lowest BCUT2D eigenvalue weighted by atomic mass is 10.4. The van der Waals surface area contributed by atoms with Crippen LogP contribution in [0.4, 0.5) is 0 Å². The number of nitrogens with zero attached hydrogens (tertiary/aromatic N) is 5. The minimum Gasteiger partial charge on any atom is -0.464 e. The maximum atomic E-state index is 12.8. The van der Waals surface area contributed by atoms with Crippen molar-refractivity contribution < 1.29 is 17.9 Å². The van der Waals surface area contributed by atoms with Gasteiger partial charge in [-0.25, -0.2) is 17.9 Å². The van der Waals surface area contributed by atoms with Gasteiger partial charge in [-0.1, -0.05) is 32.7 Å². The Kier molecular flexibility index (Phi) is 6.16. The monoisotopic (exact) mass is 477 g/mol. The molecule has 0 N–H and O–H groups in total. The fourth-order valence-corrected chi connectivity index (χ4v) is 5.14. The van der Waals surface area contributed by atoms with Gasteiger partial charge in [-0.05, 0) is 18.2 Å². The maximum Gasteiger partial charge on any atom is 0.360 e. The van der Waals surface area contributed by atoms with Gasteiger partial charge in [-0.3, -0.25) is 4.90 Å². The van der Waals surface area contributed by atoms with Crippen LogP contribution < -0.4 is 0 Å². The molecule has 0 spiro atoms. The molecule has 0 unspecified atom stereocenters. The molecule has 0 aliphatic carbocycles. The van der Waals surface area contributed by atoms with Crippen molar-refractivity contribution >= 4 is 43.5 Å². The molecule has 12 heteroatoms. The summed E-state index contributed by atoms with van der Waals surface area (Å²) in [6.45, 7) is 2.08. The number of benzene rings is 1. The number of esters is 1. The molecule has 0 radical (unpaired) electrons. The lowest BCUT2D eigenvalue weighted by Crippen LogP contribution is -2.48. The van der Waals surface area contributed by atoms with Crippen LogP contribution >= 0.6 is 27.5 Å². The predicted molar refractivity (Wildman–Crippen MR) is 101 cm³/mol. The molecule has 0 amide bonds. The second kappa shape index (κ2) is 8.23. The summed E-state index contributed by atoms with van der Waals surface area (Å²) in [5.41, 5.74) is 0.128. The first kappa shape index (κ1) is 20.2. The van der Waals surface area contributed by atoms with Crippen molar-refractivity contribution in [1.29, 1.82) is 0 Å². The number of methoxy groups -OCH3 is 1. The number of rotatable bonds is 5. The van der Waals surface area contributed by atoms with Crippen LogP contribution in [0.1, 0.15) is 10.5 Å². The predicted octanol–water partition coefficient (Wildman–Crippen LogP) is 1.44. The molecule has 2 heterocycles. The lowest BCUT2D eigenvalue weighted by Gasteiger charge is -2.33. The highest BCUT2D eigenvalue weighted by molar-refractivity contribution is 9.10. The van der Waals surface area contributed by atoms with Gasteiger partial charge in [0.1, 0.15) is 4.90 Å². The normalized spacial score (nSPS) is 16.4. The van der Waals surface area contributed by atoms with E-state index in [4.69, 9.17) is 11.6 Å². The Morgan fingerprint density at radius 3 is 2.63 bits per heavy atom. The van der Waals surface area contributed by atoms with Crippen molar-refractivity contribution in [3.05, 3.63) is 39.6 Å². The first-order chi connectivity index (χ1) is 12.8. The van der Waals surface area contributed by atoms with Gasteiger partial charge in [0.25, 0.3) is 0 Å². The van der Waals surface area contributed by atoms with Crippen molar-refractivity contribution in [2.45, 2.75) is 11.6 Å². The van der Waals surface area contributed by atoms with E-state index in [2.05, 4.69) is 31.0 Å². The Bertz CT molecular complexity index is 943. The lowest BCUT2D eigenvalue weighted by molar-refractivity contribution is 0.0593. The molecular weight excluding hydrogens is 462 g/mol. The number of carbonyl (C=O) groups excluding carboxylic acids is 1. The number of hydrogen-bond donors (Lipinski definition) is 0. The Hall–Kier alpha value is -1.53. The molecule has 1 aliphatic heterocycles. The van der Waals surface area contributed by atoms with E-state index in [0.717, 1.165) is 4.47 Å². The summed E-state index contributed by atoms with van der Waals surface area (Å²) >= 11 is 9.38. The minimum absolute atomic E-state index is 0.0970. The Labute approximate surface area is 170 Å². The molecule has 3 rings (SSSR count). The molecule has 1 aliphatic rings. The van der Waals surface area contributed by atoms with Crippen LogP contribution in [0.25, 0.3) is 0 Å². The summed E-state index contributed by atoms with van der Waals surface area (Å²) < 4.78 is 33.9. The van der Waals surface area contributed by atoms with Crippen molar-refractivity contribution in [3.63, 3.8) is 0 Å². The van der Waals surface area contributed by atoms with Crippen molar-refractivity contribution in [1.82, 2.24) is 24.2 Å². The van der Waals surface area contributed by atoms with E-state index in [1.165, 1.54) is 28.4 Å². The SMILES string of the molecule is COC(=O)c1cn(CN2CCN(S(=O)(=O)c3ccc(Br)cc3Cl)CC2)nn1. The third-order valence-electron chi connectivity index (χ3n) is 4.12. The molecule has 1 aromatic carbocycles. The van der Waals surface area contributed by atoms with Gasteiger partial charge in [0.15, 0.2) is 5.69 Å². The fourth-order valence-electron chi connectivity index (χ4n) is 2.71. The van der Waals surface area contributed by atoms with Crippen LogP contribution in [-0.2, 0) is 21.4 Å². The summed E-state index contributed by atoms with van der Waals surface area (Å²) in [7, 11) is -2.38. The van der Waals surface area contributed by atoms with E-state index < -0.39 is 16.0 Å². The first-order valence-corrected chi connectivity index (χ1v) is 10.6.